The molecule has 3 aromatic rings. The first kappa shape index (κ1) is 18.7. The molecule has 0 aliphatic carbocycles. The zero-order valence-corrected chi connectivity index (χ0v) is 16.5. The summed E-state index contributed by atoms with van der Waals surface area (Å²) in [5.41, 5.74) is 2.80. The first-order valence-electron chi connectivity index (χ1n) is 9.17. The lowest BCUT2D eigenvalue weighted by atomic mass is 9.77. The smallest absolute Gasteiger partial charge is 0.197 e. The Morgan fingerprint density at radius 3 is 1.11 bits per heavy atom. The molecule has 0 spiro atoms. The van der Waals surface area contributed by atoms with Gasteiger partial charge in [-0.2, -0.15) is 0 Å². The lowest BCUT2D eigenvalue weighted by Crippen LogP contribution is -2.39. The summed E-state index contributed by atoms with van der Waals surface area (Å²) in [6, 6.07) is 31.6. The normalized spacial score (nSPS) is 11.0. The highest BCUT2D eigenvalue weighted by molar-refractivity contribution is 5.80. The van der Waals surface area contributed by atoms with Crippen molar-refractivity contribution in [2.75, 3.05) is 28.2 Å². The van der Waals surface area contributed by atoms with E-state index >= 15 is 0 Å². The van der Waals surface area contributed by atoms with E-state index in [9.17, 15) is 0 Å². The van der Waals surface area contributed by atoms with Gasteiger partial charge >= 0.3 is 0 Å². The average molecular weight is 358 g/mol. The van der Waals surface area contributed by atoms with Gasteiger partial charge < -0.3 is 9.80 Å². The number of hydrogen-bond donors (Lipinski definition) is 0. The van der Waals surface area contributed by atoms with Crippen LogP contribution in [0.4, 0.5) is 0 Å². The molecule has 0 N–H and O–H groups in total. The Labute approximate surface area is 162 Å². The second-order valence-corrected chi connectivity index (χ2v) is 7.01. The lowest BCUT2D eigenvalue weighted by molar-refractivity contribution is 0.464. The molecule has 0 aliphatic rings. The maximum atomic E-state index is 5.39. The van der Waals surface area contributed by atoms with Crippen molar-refractivity contribution in [3.63, 3.8) is 0 Å². The molecule has 3 rings (SSSR count). The number of aliphatic imine (C=N–C) groups is 1. The number of benzene rings is 3. The molecule has 0 amide bonds. The summed E-state index contributed by atoms with van der Waals surface area (Å²) in [6.45, 7) is 0. The van der Waals surface area contributed by atoms with Crippen LogP contribution >= 0.6 is 0 Å². The first-order chi connectivity index (χ1) is 13.1. The van der Waals surface area contributed by atoms with E-state index in [0.29, 0.717) is 0 Å². The van der Waals surface area contributed by atoms with E-state index in [0.717, 1.165) is 22.6 Å². The number of hydrogen-bond acceptors (Lipinski definition) is 1. The quantitative estimate of drug-likeness (QED) is 0.390. The molecular weight excluding hydrogens is 330 g/mol. The first-order valence-corrected chi connectivity index (χ1v) is 9.17. The maximum Gasteiger partial charge on any atom is 0.197 e. The van der Waals surface area contributed by atoms with Crippen molar-refractivity contribution >= 4 is 5.96 Å². The molecule has 0 unspecified atom stereocenters. The van der Waals surface area contributed by atoms with E-state index < -0.39 is 5.54 Å². The van der Waals surface area contributed by atoms with E-state index in [2.05, 4.69) is 82.6 Å². The lowest BCUT2D eigenvalue weighted by Gasteiger charge is -2.35. The summed E-state index contributed by atoms with van der Waals surface area (Å²) >= 11 is 0. The third-order valence-corrected chi connectivity index (χ3v) is 4.64. The van der Waals surface area contributed by atoms with Crippen LogP contribution in [0.5, 0.6) is 0 Å². The molecule has 138 valence electrons. The van der Waals surface area contributed by atoms with Gasteiger partial charge in [-0.1, -0.05) is 91.0 Å². The number of rotatable bonds is 4. The highest BCUT2D eigenvalue weighted by Crippen LogP contribution is 2.40. The predicted octanol–water partition coefficient (Wildman–Crippen LogP) is 4.46. The topological polar surface area (TPSA) is 18.8 Å². The molecule has 27 heavy (non-hydrogen) atoms. The van der Waals surface area contributed by atoms with Gasteiger partial charge in [0.05, 0.1) is 0 Å². The van der Waals surface area contributed by atoms with Gasteiger partial charge in [0.1, 0.15) is 5.54 Å². The molecule has 3 nitrogen and oxygen atoms in total. The third kappa shape index (κ3) is 3.72. The van der Waals surface area contributed by atoms with Crippen LogP contribution in [0, 0.1) is 0 Å². The van der Waals surface area contributed by atoms with Crippen molar-refractivity contribution in [2.45, 2.75) is 5.54 Å². The standard InChI is InChI=1S/C24H27N3/c1-26(2)23(27(3)4)25-24(20-14-8-5-9-15-20,21-16-10-6-11-17-21)22-18-12-7-13-19-22/h5-19H,1-4H3. The molecule has 0 bridgehead atoms. The van der Waals surface area contributed by atoms with Crippen LogP contribution in [0.2, 0.25) is 0 Å². The molecule has 0 aromatic heterocycles. The third-order valence-electron chi connectivity index (χ3n) is 4.64. The van der Waals surface area contributed by atoms with Gasteiger partial charge in [-0.05, 0) is 16.7 Å². The second-order valence-electron chi connectivity index (χ2n) is 7.01. The van der Waals surface area contributed by atoms with E-state index in [1.54, 1.807) is 0 Å². The van der Waals surface area contributed by atoms with Crippen molar-refractivity contribution in [1.29, 1.82) is 0 Å². The molecule has 0 heterocycles. The summed E-state index contributed by atoms with van der Waals surface area (Å²) < 4.78 is 0. The van der Waals surface area contributed by atoms with Crippen molar-refractivity contribution in [1.82, 2.24) is 9.80 Å². The zero-order valence-electron chi connectivity index (χ0n) is 16.5. The van der Waals surface area contributed by atoms with E-state index in [1.807, 2.05) is 46.4 Å². The van der Waals surface area contributed by atoms with Crippen LogP contribution in [0.25, 0.3) is 0 Å². The molecule has 3 heteroatoms. The molecule has 0 aliphatic heterocycles. The van der Waals surface area contributed by atoms with Crippen LogP contribution in [0.1, 0.15) is 16.7 Å². The summed E-state index contributed by atoms with van der Waals surface area (Å²) in [5, 5.41) is 0. The van der Waals surface area contributed by atoms with Crippen LogP contribution in [-0.2, 0) is 5.54 Å². The fourth-order valence-corrected chi connectivity index (χ4v) is 3.48. The van der Waals surface area contributed by atoms with E-state index in [1.165, 1.54) is 0 Å². The van der Waals surface area contributed by atoms with Crippen LogP contribution in [0.3, 0.4) is 0 Å². The summed E-state index contributed by atoms with van der Waals surface area (Å²) in [5.74, 6) is 0.909. The molecule has 3 aromatic carbocycles. The van der Waals surface area contributed by atoms with Gasteiger partial charge in [0.25, 0.3) is 0 Å². The molecule has 0 fully saturated rings. The summed E-state index contributed by atoms with van der Waals surface area (Å²) in [6.07, 6.45) is 0. The van der Waals surface area contributed by atoms with E-state index in [-0.39, 0.29) is 0 Å². The van der Waals surface area contributed by atoms with Gasteiger partial charge in [0, 0.05) is 28.2 Å². The van der Waals surface area contributed by atoms with Crippen LogP contribution < -0.4 is 0 Å². The molecule has 0 saturated carbocycles. The Hall–Kier alpha value is -3.07. The van der Waals surface area contributed by atoms with Crippen molar-refractivity contribution in [3.8, 4) is 0 Å². The Morgan fingerprint density at radius 2 is 0.852 bits per heavy atom. The van der Waals surface area contributed by atoms with Crippen LogP contribution in [0.15, 0.2) is 96.0 Å². The van der Waals surface area contributed by atoms with Gasteiger partial charge in [0.2, 0.25) is 0 Å². The minimum atomic E-state index is -0.631. The molecule has 0 saturated heterocycles. The summed E-state index contributed by atoms with van der Waals surface area (Å²) in [7, 11) is 8.13. The minimum absolute atomic E-state index is 0.631. The maximum absolute atomic E-state index is 5.39. The van der Waals surface area contributed by atoms with Crippen molar-refractivity contribution in [3.05, 3.63) is 108 Å². The molecule has 0 atom stereocenters. The Balaban J connectivity index is 2.41. The zero-order chi connectivity index (χ0) is 19.3. The Morgan fingerprint density at radius 1 is 0.556 bits per heavy atom. The van der Waals surface area contributed by atoms with Gasteiger partial charge in [-0.15, -0.1) is 0 Å². The van der Waals surface area contributed by atoms with Crippen molar-refractivity contribution < 1.29 is 0 Å². The second kappa shape index (κ2) is 8.09. The Kier molecular flexibility index (Phi) is 5.60. The monoisotopic (exact) mass is 357 g/mol. The van der Waals surface area contributed by atoms with Crippen molar-refractivity contribution in [2.24, 2.45) is 4.99 Å². The average Bonchev–Trinajstić information content (AvgIpc) is 2.70. The number of nitrogens with zero attached hydrogens (tertiary/aromatic N) is 3. The van der Waals surface area contributed by atoms with E-state index in [4.69, 9.17) is 4.99 Å². The SMILES string of the molecule is CN(C)C(=NC(c1ccccc1)(c1ccccc1)c1ccccc1)N(C)C. The van der Waals surface area contributed by atoms with Crippen LogP contribution in [-0.4, -0.2) is 44.0 Å². The highest BCUT2D eigenvalue weighted by atomic mass is 15.3. The van der Waals surface area contributed by atoms with Gasteiger partial charge in [0.15, 0.2) is 5.96 Å². The number of guanidine groups is 1. The molecular formula is C24H27N3. The Bertz CT molecular complexity index is 763. The summed E-state index contributed by atoms with van der Waals surface area (Å²) in [4.78, 5) is 9.50. The van der Waals surface area contributed by atoms with Gasteiger partial charge in [-0.3, -0.25) is 0 Å². The molecule has 0 radical (unpaired) electrons. The van der Waals surface area contributed by atoms with Gasteiger partial charge in [-0.25, -0.2) is 4.99 Å². The fourth-order valence-electron chi connectivity index (χ4n) is 3.48. The minimum Gasteiger partial charge on any atom is -0.349 e. The predicted molar refractivity (Wildman–Crippen MR) is 114 cm³/mol. The fraction of sp³-hybridized carbons (Fsp3) is 0.208. The highest BCUT2D eigenvalue weighted by Gasteiger charge is 2.37. The largest absolute Gasteiger partial charge is 0.349 e.